The van der Waals surface area contributed by atoms with Gasteiger partial charge in [0.15, 0.2) is 5.76 Å². The van der Waals surface area contributed by atoms with Crippen molar-refractivity contribution in [3.63, 3.8) is 0 Å². The molecule has 7 heteroatoms. The second-order valence-corrected chi connectivity index (χ2v) is 5.40. The maximum absolute atomic E-state index is 13.6. The van der Waals surface area contributed by atoms with Crippen LogP contribution in [0.5, 0.6) is 0 Å². The van der Waals surface area contributed by atoms with Crippen LogP contribution in [0.4, 0.5) is 13.2 Å². The maximum atomic E-state index is 13.6. The number of benzene rings is 2. The van der Waals surface area contributed by atoms with E-state index in [9.17, 15) is 18.0 Å². The number of hydrogen-bond donors (Lipinski definition) is 1. The molecular formula is C18H13F3N2O2. The average Bonchev–Trinajstić information content (AvgIpc) is 2.95. The van der Waals surface area contributed by atoms with Crippen LogP contribution in [0.15, 0.2) is 47.0 Å². The van der Waals surface area contributed by atoms with Crippen molar-refractivity contribution in [3.8, 4) is 11.3 Å². The lowest BCUT2D eigenvalue weighted by Gasteiger charge is -2.07. The molecule has 1 aromatic heterocycles. The third-order valence-corrected chi connectivity index (χ3v) is 3.63. The fourth-order valence-corrected chi connectivity index (χ4v) is 2.39. The first-order valence-electron chi connectivity index (χ1n) is 7.40. The lowest BCUT2D eigenvalue weighted by molar-refractivity contribution is 0.0950. The summed E-state index contributed by atoms with van der Waals surface area (Å²) in [6.45, 7) is 1.43. The Hall–Kier alpha value is -3.09. The molecule has 0 saturated heterocycles. The van der Waals surface area contributed by atoms with Gasteiger partial charge in [0.05, 0.1) is 5.69 Å². The van der Waals surface area contributed by atoms with E-state index in [-0.39, 0.29) is 23.4 Å². The number of hydrogen-bond acceptors (Lipinski definition) is 3. The Morgan fingerprint density at radius 3 is 2.60 bits per heavy atom. The van der Waals surface area contributed by atoms with Crippen LogP contribution in [-0.2, 0) is 6.54 Å². The molecule has 1 amide bonds. The molecule has 1 N–H and O–H groups in total. The van der Waals surface area contributed by atoms with Crippen molar-refractivity contribution in [1.29, 1.82) is 0 Å². The summed E-state index contributed by atoms with van der Waals surface area (Å²) in [7, 11) is 0. The molecule has 128 valence electrons. The molecule has 0 aliphatic carbocycles. The number of halogens is 3. The van der Waals surface area contributed by atoms with Crippen LogP contribution in [0.1, 0.15) is 21.6 Å². The molecule has 3 rings (SSSR count). The first kappa shape index (κ1) is 16.8. The minimum Gasteiger partial charge on any atom is -0.355 e. The maximum Gasteiger partial charge on any atom is 0.257 e. The van der Waals surface area contributed by atoms with E-state index >= 15 is 0 Å². The number of aromatic nitrogens is 1. The van der Waals surface area contributed by atoms with Crippen molar-refractivity contribution in [2.75, 3.05) is 0 Å². The second kappa shape index (κ2) is 6.80. The van der Waals surface area contributed by atoms with Crippen LogP contribution in [0.25, 0.3) is 11.3 Å². The van der Waals surface area contributed by atoms with Crippen LogP contribution in [0.3, 0.4) is 0 Å². The number of aryl methyl sites for hydroxylation is 1. The minimum absolute atomic E-state index is 0.120. The number of carbonyl (C=O) groups is 1. The zero-order chi connectivity index (χ0) is 18.0. The molecule has 25 heavy (non-hydrogen) atoms. The molecule has 0 radical (unpaired) electrons. The highest BCUT2D eigenvalue weighted by Crippen LogP contribution is 2.26. The van der Waals surface area contributed by atoms with Crippen LogP contribution in [0, 0.1) is 24.4 Å². The third-order valence-electron chi connectivity index (χ3n) is 3.63. The number of rotatable bonds is 4. The van der Waals surface area contributed by atoms with Crippen molar-refractivity contribution in [2.24, 2.45) is 0 Å². The Bertz CT molecular complexity index is 938. The number of carbonyl (C=O) groups excluding carboxylic acids is 1. The quantitative estimate of drug-likeness (QED) is 0.777. The van der Waals surface area contributed by atoms with E-state index < -0.39 is 23.4 Å². The summed E-state index contributed by atoms with van der Waals surface area (Å²) in [5, 5.41) is 6.28. The summed E-state index contributed by atoms with van der Waals surface area (Å²) in [5.41, 5.74) is 0.944. The van der Waals surface area contributed by atoms with Gasteiger partial charge in [0.25, 0.3) is 5.91 Å². The molecule has 0 atom stereocenters. The van der Waals surface area contributed by atoms with Gasteiger partial charge >= 0.3 is 0 Å². The van der Waals surface area contributed by atoms with E-state index in [0.29, 0.717) is 11.3 Å². The largest absolute Gasteiger partial charge is 0.355 e. The highest BCUT2D eigenvalue weighted by atomic mass is 19.1. The average molecular weight is 346 g/mol. The van der Waals surface area contributed by atoms with E-state index in [1.165, 1.54) is 24.3 Å². The van der Waals surface area contributed by atoms with Crippen LogP contribution < -0.4 is 5.32 Å². The van der Waals surface area contributed by atoms with Gasteiger partial charge in [-0.3, -0.25) is 4.79 Å². The summed E-state index contributed by atoms with van der Waals surface area (Å²) in [6, 6.07) is 8.65. The molecule has 1 heterocycles. The molecule has 0 bridgehead atoms. The molecule has 4 nitrogen and oxygen atoms in total. The van der Waals surface area contributed by atoms with Gasteiger partial charge < -0.3 is 9.84 Å². The van der Waals surface area contributed by atoms with E-state index in [0.717, 1.165) is 12.1 Å². The fraction of sp³-hybridized carbons (Fsp3) is 0.111. The van der Waals surface area contributed by atoms with Crippen LogP contribution in [0.2, 0.25) is 0 Å². The summed E-state index contributed by atoms with van der Waals surface area (Å²) in [5.74, 6) is -2.37. The highest BCUT2D eigenvalue weighted by molar-refractivity contribution is 6.00. The number of nitrogens with one attached hydrogen (secondary N) is 1. The highest BCUT2D eigenvalue weighted by Gasteiger charge is 2.22. The Labute approximate surface area is 141 Å². The zero-order valence-electron chi connectivity index (χ0n) is 13.1. The molecule has 0 aliphatic rings. The fourth-order valence-electron chi connectivity index (χ4n) is 2.39. The summed E-state index contributed by atoms with van der Waals surface area (Å²) in [4.78, 5) is 12.5. The molecule has 0 aliphatic heterocycles. The van der Waals surface area contributed by atoms with Crippen molar-refractivity contribution in [2.45, 2.75) is 13.5 Å². The van der Waals surface area contributed by atoms with Crippen molar-refractivity contribution in [1.82, 2.24) is 10.5 Å². The van der Waals surface area contributed by atoms with Gasteiger partial charge in [0, 0.05) is 23.7 Å². The van der Waals surface area contributed by atoms with Crippen molar-refractivity contribution < 1.29 is 22.5 Å². The topological polar surface area (TPSA) is 55.1 Å². The van der Waals surface area contributed by atoms with Crippen LogP contribution >= 0.6 is 0 Å². The lowest BCUT2D eigenvalue weighted by atomic mass is 10.1. The molecule has 3 aromatic rings. The second-order valence-electron chi connectivity index (χ2n) is 5.40. The Balaban J connectivity index is 1.84. The zero-order valence-corrected chi connectivity index (χ0v) is 13.1. The predicted molar refractivity (Wildman–Crippen MR) is 84.2 cm³/mol. The summed E-state index contributed by atoms with van der Waals surface area (Å²) in [6.07, 6.45) is 0. The molecular weight excluding hydrogens is 333 g/mol. The number of nitrogens with zero attached hydrogens (tertiary/aromatic N) is 1. The van der Waals surface area contributed by atoms with Gasteiger partial charge in [-0.2, -0.15) is 0 Å². The Kier molecular flexibility index (Phi) is 4.56. The van der Waals surface area contributed by atoms with Gasteiger partial charge in [-0.25, -0.2) is 13.2 Å². The SMILES string of the molecule is Cc1noc(-c2cccc(F)c2)c1C(=O)NCc1ccc(F)cc1F. The standard InChI is InChI=1S/C18H13F3N2O2/c1-10-16(17(25-23-10)11-3-2-4-13(19)7-11)18(24)22-9-12-5-6-14(20)8-15(12)21/h2-8H,9H2,1H3,(H,22,24). The van der Waals surface area contributed by atoms with Crippen molar-refractivity contribution >= 4 is 5.91 Å². The Morgan fingerprint density at radius 2 is 1.88 bits per heavy atom. The molecule has 0 fully saturated rings. The van der Waals surface area contributed by atoms with Gasteiger partial charge in [-0.05, 0) is 25.1 Å². The van der Waals surface area contributed by atoms with E-state index in [4.69, 9.17) is 4.52 Å². The molecule has 0 spiro atoms. The van der Waals surface area contributed by atoms with Gasteiger partial charge in [0.2, 0.25) is 0 Å². The van der Waals surface area contributed by atoms with Crippen molar-refractivity contribution in [3.05, 3.63) is 76.7 Å². The predicted octanol–water partition coefficient (Wildman–Crippen LogP) is 4.00. The monoisotopic (exact) mass is 346 g/mol. The van der Waals surface area contributed by atoms with Gasteiger partial charge in [0.1, 0.15) is 23.0 Å². The summed E-state index contributed by atoms with van der Waals surface area (Å²) < 4.78 is 45.1. The van der Waals surface area contributed by atoms with E-state index in [1.807, 2.05) is 0 Å². The third kappa shape index (κ3) is 3.55. The first-order chi connectivity index (χ1) is 12.0. The summed E-state index contributed by atoms with van der Waals surface area (Å²) >= 11 is 0. The van der Waals surface area contributed by atoms with Crippen LogP contribution in [-0.4, -0.2) is 11.1 Å². The first-order valence-corrected chi connectivity index (χ1v) is 7.40. The van der Waals surface area contributed by atoms with E-state index in [2.05, 4.69) is 10.5 Å². The van der Waals surface area contributed by atoms with Gasteiger partial charge in [-0.1, -0.05) is 23.4 Å². The van der Waals surface area contributed by atoms with Gasteiger partial charge in [-0.15, -0.1) is 0 Å². The normalized spacial score (nSPS) is 10.7. The lowest BCUT2D eigenvalue weighted by Crippen LogP contribution is -2.24. The minimum atomic E-state index is -0.757. The van der Waals surface area contributed by atoms with E-state index in [1.54, 1.807) is 13.0 Å². The molecule has 0 unspecified atom stereocenters. The smallest absolute Gasteiger partial charge is 0.257 e. The number of amides is 1. The Morgan fingerprint density at radius 1 is 1.12 bits per heavy atom. The molecule has 2 aromatic carbocycles. The molecule has 0 saturated carbocycles.